The van der Waals surface area contributed by atoms with Crippen molar-refractivity contribution in [3.05, 3.63) is 11.9 Å². The van der Waals surface area contributed by atoms with Crippen molar-refractivity contribution in [3.8, 4) is 0 Å². The number of alkyl carbamates (subject to hydrolysis) is 1. The molecule has 0 fully saturated rings. The molecule has 130 valence electrons. The maximum Gasteiger partial charge on any atom is 0.407 e. The number of nitrogens with zero attached hydrogens (tertiary/aromatic N) is 3. The molecule has 1 amide bonds. The molecule has 1 aromatic heterocycles. The van der Waals surface area contributed by atoms with Gasteiger partial charge in [-0.25, -0.2) is 9.48 Å². The zero-order chi connectivity index (χ0) is 16.9. The Morgan fingerprint density at radius 3 is 2.78 bits per heavy atom. The monoisotopic (exact) mass is 328 g/mol. The average Bonchev–Trinajstić information content (AvgIpc) is 2.97. The highest BCUT2D eigenvalue weighted by molar-refractivity contribution is 5.76. The molecular weight excluding hydrogens is 304 g/mol. The van der Waals surface area contributed by atoms with E-state index in [0.717, 1.165) is 6.42 Å². The Balaban J connectivity index is 2.13. The third-order valence-corrected chi connectivity index (χ3v) is 2.58. The molecule has 0 spiro atoms. The summed E-state index contributed by atoms with van der Waals surface area (Å²) in [6.45, 7) is 5.91. The molecule has 0 aliphatic carbocycles. The first-order chi connectivity index (χ1) is 11.1. The lowest BCUT2D eigenvalue weighted by Gasteiger charge is -2.06. The van der Waals surface area contributed by atoms with Crippen LogP contribution in [0.1, 0.15) is 26.0 Å². The number of hydrogen-bond acceptors (Lipinski definition) is 7. The van der Waals surface area contributed by atoms with Gasteiger partial charge in [0.25, 0.3) is 0 Å². The summed E-state index contributed by atoms with van der Waals surface area (Å²) in [5.74, 6) is -0.0212. The van der Waals surface area contributed by atoms with Gasteiger partial charge in [-0.3, -0.25) is 4.79 Å². The number of carbonyl (C=O) groups excluding carboxylic acids is 2. The van der Waals surface area contributed by atoms with E-state index in [1.54, 1.807) is 10.9 Å². The fraction of sp³-hybridized carbons (Fsp3) is 0.714. The Bertz CT molecular complexity index is 477. The lowest BCUT2D eigenvalue weighted by Crippen LogP contribution is -2.25. The van der Waals surface area contributed by atoms with Gasteiger partial charge in [0, 0.05) is 6.61 Å². The first-order valence-corrected chi connectivity index (χ1v) is 7.56. The zero-order valence-corrected chi connectivity index (χ0v) is 13.6. The highest BCUT2D eigenvalue weighted by Gasteiger charge is 2.05. The van der Waals surface area contributed by atoms with E-state index in [-0.39, 0.29) is 25.5 Å². The van der Waals surface area contributed by atoms with E-state index in [1.807, 2.05) is 6.92 Å². The van der Waals surface area contributed by atoms with Crippen molar-refractivity contribution in [3.63, 3.8) is 0 Å². The van der Waals surface area contributed by atoms with Crippen molar-refractivity contribution in [2.75, 3.05) is 33.0 Å². The highest BCUT2D eigenvalue weighted by atomic mass is 16.6. The number of carbonyl (C=O) groups is 2. The SMILES string of the molecule is CCCOCCOC(=O)NCc1cn(CCOCC(C)=O)nn1. The van der Waals surface area contributed by atoms with Crippen LogP contribution in [-0.2, 0) is 32.1 Å². The Morgan fingerprint density at radius 2 is 2.04 bits per heavy atom. The minimum absolute atomic E-state index is 0.0212. The van der Waals surface area contributed by atoms with Crippen molar-refractivity contribution in [2.45, 2.75) is 33.4 Å². The van der Waals surface area contributed by atoms with Gasteiger partial charge in [-0.1, -0.05) is 12.1 Å². The van der Waals surface area contributed by atoms with Gasteiger partial charge in [-0.15, -0.1) is 5.10 Å². The first kappa shape index (κ1) is 19.0. The molecule has 0 unspecified atom stereocenters. The van der Waals surface area contributed by atoms with Gasteiger partial charge < -0.3 is 19.5 Å². The Hall–Kier alpha value is -2.00. The van der Waals surface area contributed by atoms with Crippen molar-refractivity contribution in [1.29, 1.82) is 0 Å². The molecule has 0 bridgehead atoms. The number of ketones is 1. The second kappa shape index (κ2) is 11.6. The van der Waals surface area contributed by atoms with Crippen molar-refractivity contribution in [2.24, 2.45) is 0 Å². The molecule has 0 aliphatic heterocycles. The van der Waals surface area contributed by atoms with Crippen molar-refractivity contribution >= 4 is 11.9 Å². The van der Waals surface area contributed by atoms with Crippen LogP contribution in [0.25, 0.3) is 0 Å². The standard InChI is InChI=1S/C14H24N4O5/c1-3-5-21-7-8-23-14(20)15-9-13-10-18(17-16-13)4-6-22-11-12(2)19/h10H,3-9,11H2,1-2H3,(H,15,20). The normalized spacial score (nSPS) is 10.5. The number of ether oxygens (including phenoxy) is 3. The number of nitrogens with one attached hydrogen (secondary N) is 1. The van der Waals surface area contributed by atoms with Crippen LogP contribution in [0.15, 0.2) is 6.20 Å². The topological polar surface area (TPSA) is 105 Å². The average molecular weight is 328 g/mol. The smallest absolute Gasteiger partial charge is 0.407 e. The Labute approximate surface area is 135 Å². The van der Waals surface area contributed by atoms with E-state index in [2.05, 4.69) is 15.6 Å². The number of hydrogen-bond donors (Lipinski definition) is 1. The first-order valence-electron chi connectivity index (χ1n) is 7.56. The van der Waals surface area contributed by atoms with Crippen LogP contribution in [0.5, 0.6) is 0 Å². The van der Waals surface area contributed by atoms with E-state index in [4.69, 9.17) is 14.2 Å². The van der Waals surface area contributed by atoms with Crippen LogP contribution in [-0.4, -0.2) is 59.9 Å². The van der Waals surface area contributed by atoms with E-state index >= 15 is 0 Å². The minimum Gasteiger partial charge on any atom is -0.447 e. The van der Waals surface area contributed by atoms with Crippen LogP contribution in [0.2, 0.25) is 0 Å². The second-order valence-electron chi connectivity index (χ2n) is 4.83. The molecule has 0 radical (unpaired) electrons. The molecule has 1 rings (SSSR count). The molecule has 0 atom stereocenters. The van der Waals surface area contributed by atoms with Crippen LogP contribution >= 0.6 is 0 Å². The van der Waals surface area contributed by atoms with Crippen molar-refractivity contribution < 1.29 is 23.8 Å². The summed E-state index contributed by atoms with van der Waals surface area (Å²) >= 11 is 0. The molecule has 9 heteroatoms. The van der Waals surface area contributed by atoms with E-state index < -0.39 is 6.09 Å². The molecule has 23 heavy (non-hydrogen) atoms. The molecule has 1 heterocycles. The number of amides is 1. The molecule has 9 nitrogen and oxygen atoms in total. The Kier molecular flexibility index (Phi) is 9.57. The summed E-state index contributed by atoms with van der Waals surface area (Å²) in [7, 11) is 0. The summed E-state index contributed by atoms with van der Waals surface area (Å²) in [4.78, 5) is 22.2. The lowest BCUT2D eigenvalue weighted by molar-refractivity contribution is -0.121. The maximum absolute atomic E-state index is 11.4. The van der Waals surface area contributed by atoms with Gasteiger partial charge in [0.05, 0.1) is 32.5 Å². The fourth-order valence-electron chi connectivity index (χ4n) is 1.56. The molecule has 0 aromatic carbocycles. The van der Waals surface area contributed by atoms with Crippen LogP contribution in [0.3, 0.4) is 0 Å². The van der Waals surface area contributed by atoms with E-state index in [9.17, 15) is 9.59 Å². The third-order valence-electron chi connectivity index (χ3n) is 2.58. The summed E-state index contributed by atoms with van der Waals surface area (Å²) < 4.78 is 16.9. The quantitative estimate of drug-likeness (QED) is 0.558. The molecular formula is C14H24N4O5. The Morgan fingerprint density at radius 1 is 1.22 bits per heavy atom. The minimum atomic E-state index is -0.524. The predicted octanol–water partition coefficient (Wildman–Crippen LogP) is 0.537. The molecule has 0 saturated heterocycles. The summed E-state index contributed by atoms with van der Waals surface area (Å²) in [6, 6.07) is 0. The number of rotatable bonds is 12. The predicted molar refractivity (Wildman–Crippen MR) is 80.8 cm³/mol. The third kappa shape index (κ3) is 9.59. The van der Waals surface area contributed by atoms with Crippen LogP contribution in [0, 0.1) is 0 Å². The fourth-order valence-corrected chi connectivity index (χ4v) is 1.56. The largest absolute Gasteiger partial charge is 0.447 e. The van der Waals surface area contributed by atoms with Gasteiger partial charge in [0.15, 0.2) is 5.78 Å². The number of aromatic nitrogens is 3. The highest BCUT2D eigenvalue weighted by Crippen LogP contribution is 1.94. The van der Waals surface area contributed by atoms with Gasteiger partial charge in [0.1, 0.15) is 18.9 Å². The molecule has 1 N–H and O–H groups in total. The van der Waals surface area contributed by atoms with Gasteiger partial charge in [0.2, 0.25) is 0 Å². The van der Waals surface area contributed by atoms with E-state index in [1.165, 1.54) is 6.92 Å². The molecule has 0 saturated carbocycles. The summed E-state index contributed by atoms with van der Waals surface area (Å²) in [5, 5.41) is 10.4. The molecule has 0 aliphatic rings. The van der Waals surface area contributed by atoms with E-state index in [0.29, 0.717) is 32.1 Å². The van der Waals surface area contributed by atoms with Crippen LogP contribution in [0.4, 0.5) is 4.79 Å². The van der Waals surface area contributed by atoms with Crippen LogP contribution < -0.4 is 5.32 Å². The molecule has 1 aromatic rings. The number of Topliss-reactive ketones (excluding diaryl/α,β-unsaturated/α-hetero) is 1. The summed E-state index contributed by atoms with van der Waals surface area (Å²) in [6.07, 6.45) is 2.10. The maximum atomic E-state index is 11.4. The summed E-state index contributed by atoms with van der Waals surface area (Å²) in [5.41, 5.74) is 0.607. The lowest BCUT2D eigenvalue weighted by atomic mass is 10.5. The van der Waals surface area contributed by atoms with Crippen molar-refractivity contribution in [1.82, 2.24) is 20.3 Å². The van der Waals surface area contributed by atoms with Gasteiger partial charge >= 0.3 is 6.09 Å². The second-order valence-corrected chi connectivity index (χ2v) is 4.83. The van der Waals surface area contributed by atoms with Gasteiger partial charge in [-0.05, 0) is 13.3 Å². The zero-order valence-electron chi connectivity index (χ0n) is 13.6. The van der Waals surface area contributed by atoms with Gasteiger partial charge in [-0.2, -0.15) is 0 Å².